The average molecular weight is 236 g/mol. The Balaban J connectivity index is 2.48. The van der Waals surface area contributed by atoms with Crippen LogP contribution >= 0.6 is 11.8 Å². The van der Waals surface area contributed by atoms with Crippen molar-refractivity contribution in [2.45, 2.75) is 11.7 Å². The molecule has 0 bridgehead atoms. The second-order valence-electron chi connectivity index (χ2n) is 2.98. The maximum atomic E-state index is 11.1. The zero-order valence-electron chi connectivity index (χ0n) is 7.43. The summed E-state index contributed by atoms with van der Waals surface area (Å²) in [5, 5.41) is 7.21. The molecule has 1 aliphatic rings. The highest BCUT2D eigenvalue weighted by Crippen LogP contribution is 2.25. The predicted molar refractivity (Wildman–Crippen MR) is 58.2 cm³/mol. The predicted octanol–water partition coefficient (Wildman–Crippen LogP) is -0.885. The van der Waals surface area contributed by atoms with Gasteiger partial charge in [0.05, 0.1) is 11.5 Å². The molecule has 0 aromatic rings. The van der Waals surface area contributed by atoms with Gasteiger partial charge >= 0.3 is 0 Å². The van der Waals surface area contributed by atoms with E-state index in [0.29, 0.717) is 6.42 Å². The van der Waals surface area contributed by atoms with E-state index in [1.807, 2.05) is 0 Å². The molecule has 80 valence electrons. The molecular weight excluding hydrogens is 224 g/mol. The van der Waals surface area contributed by atoms with Gasteiger partial charge < -0.3 is 11.5 Å². The highest BCUT2D eigenvalue weighted by Gasteiger charge is 2.29. The van der Waals surface area contributed by atoms with Crippen molar-refractivity contribution in [3.8, 4) is 0 Å². The van der Waals surface area contributed by atoms with E-state index in [1.165, 1.54) is 0 Å². The van der Waals surface area contributed by atoms with Crippen LogP contribution in [0.15, 0.2) is 4.99 Å². The third-order valence-corrected chi connectivity index (χ3v) is 4.73. The van der Waals surface area contributed by atoms with Gasteiger partial charge in [-0.2, -0.15) is 4.99 Å². The fourth-order valence-corrected chi connectivity index (χ4v) is 4.45. The molecule has 6 nitrogen and oxygen atoms in total. The van der Waals surface area contributed by atoms with Crippen LogP contribution in [0.1, 0.15) is 6.42 Å². The molecule has 8 heteroatoms. The highest BCUT2D eigenvalue weighted by atomic mass is 32.2. The second kappa shape index (κ2) is 4.18. The fourth-order valence-electron chi connectivity index (χ4n) is 1.16. The molecule has 1 rings (SSSR count). The summed E-state index contributed by atoms with van der Waals surface area (Å²) in [5.74, 6) is 0.128. The maximum absolute atomic E-state index is 11.1. The topological polar surface area (TPSA) is 122 Å². The van der Waals surface area contributed by atoms with Crippen LogP contribution in [0.2, 0.25) is 0 Å². The third-order valence-electron chi connectivity index (χ3n) is 1.70. The molecule has 0 radical (unpaired) electrons. The molecule has 0 aliphatic carbocycles. The lowest BCUT2D eigenvalue weighted by Crippen LogP contribution is -2.24. The van der Waals surface area contributed by atoms with Crippen molar-refractivity contribution in [3.63, 3.8) is 0 Å². The first-order chi connectivity index (χ1) is 6.39. The SMILES string of the molecule is N=C(N=C(N)N)SC1CCS(=O)(=O)C1. The van der Waals surface area contributed by atoms with E-state index in [9.17, 15) is 8.42 Å². The number of nitrogens with two attached hydrogens (primary N) is 2. The van der Waals surface area contributed by atoms with Crippen molar-refractivity contribution in [2.75, 3.05) is 11.5 Å². The van der Waals surface area contributed by atoms with E-state index in [4.69, 9.17) is 16.9 Å². The van der Waals surface area contributed by atoms with Crippen molar-refractivity contribution < 1.29 is 8.42 Å². The molecule has 0 spiro atoms. The summed E-state index contributed by atoms with van der Waals surface area (Å²) in [5.41, 5.74) is 10.2. The summed E-state index contributed by atoms with van der Waals surface area (Å²) < 4.78 is 22.2. The fraction of sp³-hybridized carbons (Fsp3) is 0.667. The molecule has 0 saturated carbocycles. The monoisotopic (exact) mass is 236 g/mol. The summed E-state index contributed by atoms with van der Waals surface area (Å²) in [4.78, 5) is 3.51. The van der Waals surface area contributed by atoms with Gasteiger partial charge in [0, 0.05) is 5.25 Å². The minimum Gasteiger partial charge on any atom is -0.370 e. The Morgan fingerprint density at radius 2 is 2.14 bits per heavy atom. The van der Waals surface area contributed by atoms with Gasteiger partial charge in [-0.3, -0.25) is 5.41 Å². The summed E-state index contributed by atoms with van der Waals surface area (Å²) >= 11 is 1.09. The van der Waals surface area contributed by atoms with Crippen molar-refractivity contribution >= 4 is 32.7 Å². The normalized spacial score (nSPS) is 24.4. The zero-order chi connectivity index (χ0) is 10.8. The molecule has 1 saturated heterocycles. The van der Waals surface area contributed by atoms with Gasteiger partial charge in [0.15, 0.2) is 21.0 Å². The molecule has 1 heterocycles. The van der Waals surface area contributed by atoms with Crippen molar-refractivity contribution in [2.24, 2.45) is 16.5 Å². The van der Waals surface area contributed by atoms with Gasteiger partial charge in [-0.15, -0.1) is 0 Å². The van der Waals surface area contributed by atoms with Crippen molar-refractivity contribution in [1.29, 1.82) is 5.41 Å². The van der Waals surface area contributed by atoms with Gasteiger partial charge in [0.1, 0.15) is 0 Å². The number of aliphatic imine (C=N–C) groups is 1. The number of amidine groups is 1. The number of thioether (sulfide) groups is 1. The number of hydrogen-bond acceptors (Lipinski definition) is 4. The maximum Gasteiger partial charge on any atom is 0.193 e. The first-order valence-corrected chi connectivity index (χ1v) is 6.64. The van der Waals surface area contributed by atoms with E-state index in [1.54, 1.807) is 0 Å². The van der Waals surface area contributed by atoms with Crippen molar-refractivity contribution in [1.82, 2.24) is 0 Å². The average Bonchev–Trinajstić information content (AvgIpc) is 2.27. The molecule has 5 N–H and O–H groups in total. The third kappa shape index (κ3) is 3.54. The van der Waals surface area contributed by atoms with Crippen LogP contribution in [-0.2, 0) is 9.84 Å². The zero-order valence-corrected chi connectivity index (χ0v) is 9.07. The van der Waals surface area contributed by atoms with Crippen LogP contribution in [-0.4, -0.2) is 36.3 Å². The molecule has 0 aromatic heterocycles. The molecular formula is C6H12N4O2S2. The largest absolute Gasteiger partial charge is 0.370 e. The number of sulfone groups is 1. The number of nitrogens with zero attached hydrogens (tertiary/aromatic N) is 1. The van der Waals surface area contributed by atoms with Gasteiger partial charge in [0.2, 0.25) is 0 Å². The van der Waals surface area contributed by atoms with Crippen LogP contribution in [0, 0.1) is 5.41 Å². The lowest BCUT2D eigenvalue weighted by molar-refractivity contribution is 0.602. The van der Waals surface area contributed by atoms with E-state index >= 15 is 0 Å². The Labute approximate surface area is 86.6 Å². The number of rotatable bonds is 1. The first-order valence-electron chi connectivity index (χ1n) is 3.94. The summed E-state index contributed by atoms with van der Waals surface area (Å²) in [6.07, 6.45) is 0.565. The number of nitrogens with one attached hydrogen (secondary N) is 1. The van der Waals surface area contributed by atoms with Crippen LogP contribution in [0.3, 0.4) is 0 Å². The van der Waals surface area contributed by atoms with Crippen LogP contribution in [0.25, 0.3) is 0 Å². The Hall–Kier alpha value is -0.760. The smallest absolute Gasteiger partial charge is 0.193 e. The highest BCUT2D eigenvalue weighted by molar-refractivity contribution is 8.15. The minimum atomic E-state index is -2.90. The molecule has 14 heavy (non-hydrogen) atoms. The minimum absolute atomic E-state index is 0.0351. The van der Waals surface area contributed by atoms with Gasteiger partial charge in [-0.25, -0.2) is 8.42 Å². The Bertz CT molecular complexity index is 358. The molecule has 1 aliphatic heterocycles. The quantitative estimate of drug-likeness (QED) is 0.403. The van der Waals surface area contributed by atoms with Gasteiger partial charge in [-0.05, 0) is 6.42 Å². The number of guanidine groups is 1. The Morgan fingerprint density at radius 1 is 1.50 bits per heavy atom. The summed E-state index contributed by atoms with van der Waals surface area (Å²) in [7, 11) is -2.90. The molecule has 1 fully saturated rings. The molecule has 1 unspecified atom stereocenters. The second-order valence-corrected chi connectivity index (χ2v) is 6.50. The lowest BCUT2D eigenvalue weighted by atomic mass is 10.4. The lowest BCUT2D eigenvalue weighted by Gasteiger charge is -2.04. The van der Waals surface area contributed by atoms with Crippen molar-refractivity contribution in [3.05, 3.63) is 0 Å². The van der Waals surface area contributed by atoms with E-state index < -0.39 is 9.84 Å². The van der Waals surface area contributed by atoms with E-state index in [0.717, 1.165) is 11.8 Å². The van der Waals surface area contributed by atoms with Gasteiger partial charge in [0.25, 0.3) is 0 Å². The molecule has 0 aromatic carbocycles. The van der Waals surface area contributed by atoms with Crippen LogP contribution in [0.4, 0.5) is 0 Å². The summed E-state index contributed by atoms with van der Waals surface area (Å²) in [6, 6.07) is 0. The Morgan fingerprint density at radius 3 is 2.57 bits per heavy atom. The van der Waals surface area contributed by atoms with Crippen LogP contribution in [0.5, 0.6) is 0 Å². The molecule has 0 amide bonds. The first kappa shape index (κ1) is 11.3. The summed E-state index contributed by atoms with van der Waals surface area (Å²) in [6.45, 7) is 0. The van der Waals surface area contributed by atoms with E-state index in [2.05, 4.69) is 4.99 Å². The standard InChI is InChI=1S/C6H12N4O2S2/c7-5(8)10-6(9)13-4-1-2-14(11,12)3-4/h4H,1-3H2,(H5,7,8,9,10). The Kier molecular flexibility index (Phi) is 3.38. The van der Waals surface area contributed by atoms with Gasteiger partial charge in [-0.1, -0.05) is 11.8 Å². The van der Waals surface area contributed by atoms with E-state index in [-0.39, 0.29) is 27.9 Å². The molecule has 1 atom stereocenters. The number of hydrogen-bond donors (Lipinski definition) is 3. The van der Waals surface area contributed by atoms with Crippen LogP contribution < -0.4 is 11.5 Å².